The number of nitrogens with zero attached hydrogens (tertiary/aromatic N) is 3. The van der Waals surface area contributed by atoms with Gasteiger partial charge in [-0.1, -0.05) is 36.4 Å². The van der Waals surface area contributed by atoms with Gasteiger partial charge < -0.3 is 21.1 Å². The maximum absolute atomic E-state index is 12.5. The van der Waals surface area contributed by atoms with Gasteiger partial charge in [0, 0.05) is 25.4 Å². The van der Waals surface area contributed by atoms with Crippen molar-refractivity contribution in [3.8, 4) is 22.7 Å². The molecule has 0 radical (unpaired) electrons. The maximum atomic E-state index is 12.5. The lowest BCUT2D eigenvalue weighted by atomic mass is 10.0. The number of aromatic nitrogens is 3. The van der Waals surface area contributed by atoms with Crippen molar-refractivity contribution in [1.29, 1.82) is 0 Å². The first kappa shape index (κ1) is 22.5. The van der Waals surface area contributed by atoms with Crippen molar-refractivity contribution >= 4 is 17.6 Å². The standard InChI is InChI=1S/C25H24N6O3/c1-27-24-21(23(26)32)22(30-31(24)18-6-5-13-28-15-18)17-11-9-16(10-12-17)14-29-25(33)19-7-3-4-8-20(19)34-2/h3-13,15,27H,14H2,1-2H3,(H2,26,32)(H,29,33). The van der Waals surface area contributed by atoms with Crippen molar-refractivity contribution in [3.63, 3.8) is 0 Å². The van der Waals surface area contributed by atoms with Crippen LogP contribution < -0.4 is 21.1 Å². The quantitative estimate of drug-likeness (QED) is 0.374. The number of rotatable bonds is 8. The van der Waals surface area contributed by atoms with E-state index < -0.39 is 5.91 Å². The Morgan fingerprint density at radius 1 is 1.06 bits per heavy atom. The lowest BCUT2D eigenvalue weighted by molar-refractivity contribution is 0.0946. The highest BCUT2D eigenvalue weighted by Gasteiger charge is 2.23. The van der Waals surface area contributed by atoms with Crippen LogP contribution in [0.4, 0.5) is 5.82 Å². The summed E-state index contributed by atoms with van der Waals surface area (Å²) in [6.45, 7) is 0.325. The Hall–Kier alpha value is -4.66. The average Bonchev–Trinajstić information content (AvgIpc) is 3.28. The molecule has 4 rings (SSSR count). The summed E-state index contributed by atoms with van der Waals surface area (Å²) in [4.78, 5) is 29.0. The van der Waals surface area contributed by atoms with Crippen molar-refractivity contribution in [2.24, 2.45) is 5.73 Å². The summed E-state index contributed by atoms with van der Waals surface area (Å²) < 4.78 is 6.85. The number of carbonyl (C=O) groups is 2. The summed E-state index contributed by atoms with van der Waals surface area (Å²) in [6.07, 6.45) is 3.31. The number of para-hydroxylation sites is 1. The highest BCUT2D eigenvalue weighted by molar-refractivity contribution is 6.04. The summed E-state index contributed by atoms with van der Waals surface area (Å²) in [6, 6.07) is 18.1. The second kappa shape index (κ2) is 9.86. The minimum absolute atomic E-state index is 0.230. The first-order chi connectivity index (χ1) is 16.5. The van der Waals surface area contributed by atoms with Crippen molar-refractivity contribution in [2.45, 2.75) is 6.54 Å². The van der Waals surface area contributed by atoms with E-state index in [2.05, 4.69) is 20.7 Å². The average molecular weight is 457 g/mol. The Morgan fingerprint density at radius 3 is 2.47 bits per heavy atom. The lowest BCUT2D eigenvalue weighted by Gasteiger charge is -2.09. The zero-order valence-corrected chi connectivity index (χ0v) is 18.8. The maximum Gasteiger partial charge on any atom is 0.255 e. The number of pyridine rings is 1. The number of hydrogen-bond donors (Lipinski definition) is 3. The van der Waals surface area contributed by atoms with E-state index in [0.29, 0.717) is 40.6 Å². The molecule has 9 heteroatoms. The van der Waals surface area contributed by atoms with Crippen molar-refractivity contribution in [1.82, 2.24) is 20.1 Å². The number of anilines is 1. The minimum atomic E-state index is -0.595. The third kappa shape index (κ3) is 4.44. The summed E-state index contributed by atoms with van der Waals surface area (Å²) in [5, 5.41) is 10.5. The number of carbonyl (C=O) groups excluding carboxylic acids is 2. The normalized spacial score (nSPS) is 10.5. The molecule has 0 aliphatic carbocycles. The molecular weight excluding hydrogens is 432 g/mol. The van der Waals surface area contributed by atoms with Gasteiger partial charge in [-0.2, -0.15) is 5.10 Å². The van der Waals surface area contributed by atoms with E-state index in [1.54, 1.807) is 48.4 Å². The van der Waals surface area contributed by atoms with Gasteiger partial charge in [0.25, 0.3) is 11.8 Å². The van der Waals surface area contributed by atoms with Crippen molar-refractivity contribution in [3.05, 3.63) is 89.7 Å². The van der Waals surface area contributed by atoms with Gasteiger partial charge >= 0.3 is 0 Å². The number of nitrogens with two attached hydrogens (primary N) is 1. The molecule has 0 saturated heterocycles. The molecule has 9 nitrogen and oxygen atoms in total. The number of nitrogens with one attached hydrogen (secondary N) is 2. The van der Waals surface area contributed by atoms with Crippen molar-refractivity contribution in [2.75, 3.05) is 19.5 Å². The van der Waals surface area contributed by atoms with E-state index in [-0.39, 0.29) is 11.5 Å². The summed E-state index contributed by atoms with van der Waals surface area (Å²) in [5.74, 6) is 0.163. The zero-order valence-electron chi connectivity index (χ0n) is 18.8. The smallest absolute Gasteiger partial charge is 0.255 e. The van der Waals surface area contributed by atoms with Crippen LogP contribution in [0.5, 0.6) is 5.75 Å². The van der Waals surface area contributed by atoms with Crippen LogP contribution in [0, 0.1) is 0 Å². The highest BCUT2D eigenvalue weighted by Crippen LogP contribution is 2.30. The van der Waals surface area contributed by atoms with E-state index in [1.807, 2.05) is 36.4 Å². The predicted molar refractivity (Wildman–Crippen MR) is 129 cm³/mol. The lowest BCUT2D eigenvalue weighted by Crippen LogP contribution is -2.23. The van der Waals surface area contributed by atoms with Crippen LogP contribution in [-0.2, 0) is 6.54 Å². The third-order valence-electron chi connectivity index (χ3n) is 5.29. The van der Waals surface area contributed by atoms with Gasteiger partial charge in [-0.05, 0) is 29.8 Å². The minimum Gasteiger partial charge on any atom is -0.496 e. The van der Waals surface area contributed by atoms with Gasteiger partial charge in [0.2, 0.25) is 0 Å². The van der Waals surface area contributed by atoms with E-state index in [4.69, 9.17) is 10.5 Å². The van der Waals surface area contributed by atoms with Crippen LogP contribution in [0.1, 0.15) is 26.3 Å². The first-order valence-electron chi connectivity index (χ1n) is 10.5. The summed E-state index contributed by atoms with van der Waals surface area (Å²) >= 11 is 0. The van der Waals surface area contributed by atoms with Gasteiger partial charge in [0.1, 0.15) is 22.8 Å². The van der Waals surface area contributed by atoms with Gasteiger partial charge in [-0.3, -0.25) is 14.6 Å². The molecule has 0 saturated carbocycles. The largest absolute Gasteiger partial charge is 0.496 e. The molecule has 2 heterocycles. The van der Waals surface area contributed by atoms with Crippen LogP contribution in [0.3, 0.4) is 0 Å². The Bertz CT molecular complexity index is 1320. The van der Waals surface area contributed by atoms with Gasteiger partial charge in [0.15, 0.2) is 0 Å². The monoisotopic (exact) mass is 456 g/mol. The number of amides is 2. The molecule has 0 fully saturated rings. The molecule has 0 aliphatic heterocycles. The Morgan fingerprint density at radius 2 is 1.82 bits per heavy atom. The van der Waals surface area contributed by atoms with Crippen LogP contribution >= 0.6 is 0 Å². The summed E-state index contributed by atoms with van der Waals surface area (Å²) in [5.41, 5.74) is 9.19. The molecule has 0 aliphatic rings. The van der Waals surface area contributed by atoms with Gasteiger partial charge in [0.05, 0.1) is 24.6 Å². The van der Waals surface area contributed by atoms with Gasteiger partial charge in [-0.15, -0.1) is 0 Å². The fourth-order valence-electron chi connectivity index (χ4n) is 3.64. The van der Waals surface area contributed by atoms with E-state index in [0.717, 1.165) is 5.56 Å². The number of primary amides is 1. The molecule has 2 aromatic heterocycles. The van der Waals surface area contributed by atoms with Crippen LogP contribution in [-0.4, -0.2) is 40.7 Å². The highest BCUT2D eigenvalue weighted by atomic mass is 16.5. The molecule has 0 atom stereocenters. The molecule has 0 bridgehead atoms. The second-order valence-corrected chi connectivity index (χ2v) is 7.39. The van der Waals surface area contributed by atoms with Gasteiger partial charge in [-0.25, -0.2) is 4.68 Å². The predicted octanol–water partition coefficient (Wildman–Crippen LogP) is 3.01. The van der Waals surface area contributed by atoms with Crippen LogP contribution in [0.2, 0.25) is 0 Å². The molecule has 0 unspecified atom stereocenters. The fourth-order valence-corrected chi connectivity index (χ4v) is 3.64. The molecule has 172 valence electrons. The first-order valence-corrected chi connectivity index (χ1v) is 10.5. The van der Waals surface area contributed by atoms with E-state index in [1.165, 1.54) is 7.11 Å². The zero-order chi connectivity index (χ0) is 24.1. The Balaban J connectivity index is 1.59. The number of benzene rings is 2. The second-order valence-electron chi connectivity index (χ2n) is 7.39. The molecule has 4 N–H and O–H groups in total. The Labute approximate surface area is 196 Å². The number of methoxy groups -OCH3 is 1. The van der Waals surface area contributed by atoms with E-state index in [9.17, 15) is 9.59 Å². The van der Waals surface area contributed by atoms with Crippen LogP contribution in [0.15, 0.2) is 73.1 Å². The molecule has 2 amide bonds. The fraction of sp³-hybridized carbons (Fsp3) is 0.120. The SMILES string of the molecule is CNc1c(C(N)=O)c(-c2ccc(CNC(=O)c3ccccc3OC)cc2)nn1-c1cccnc1. The molecule has 2 aromatic carbocycles. The number of ether oxygens (including phenoxy) is 1. The third-order valence-corrected chi connectivity index (χ3v) is 5.29. The Kier molecular flexibility index (Phi) is 6.54. The molecule has 0 spiro atoms. The molecule has 4 aromatic rings. The topological polar surface area (TPSA) is 124 Å². The van der Waals surface area contributed by atoms with Crippen molar-refractivity contribution < 1.29 is 14.3 Å². The molecule has 34 heavy (non-hydrogen) atoms. The van der Waals surface area contributed by atoms with Crippen LogP contribution in [0.25, 0.3) is 16.9 Å². The summed E-state index contributed by atoms with van der Waals surface area (Å²) in [7, 11) is 3.23. The molecular formula is C25H24N6O3. The van der Waals surface area contributed by atoms with E-state index >= 15 is 0 Å². The number of hydrogen-bond acceptors (Lipinski definition) is 6.